The molecule has 1 aromatic carbocycles. The molecule has 3 nitrogen and oxygen atoms in total. The Hall–Kier alpha value is -1.22. The summed E-state index contributed by atoms with van der Waals surface area (Å²) in [5.41, 5.74) is 1.77. The summed E-state index contributed by atoms with van der Waals surface area (Å²) in [5, 5.41) is 0. The summed E-state index contributed by atoms with van der Waals surface area (Å²) >= 11 is 5.93. The molecule has 86 valence electrons. The van der Waals surface area contributed by atoms with Crippen LogP contribution >= 0.6 is 11.6 Å². The second-order valence-corrected chi connectivity index (χ2v) is 4.75. The summed E-state index contributed by atoms with van der Waals surface area (Å²) in [6.07, 6.45) is 0. The smallest absolute Gasteiger partial charge is 0.121 e. The number of hydrogen-bond donors (Lipinski definition) is 1. The van der Waals surface area contributed by atoms with Crippen molar-refractivity contribution in [3.05, 3.63) is 24.0 Å². The maximum absolute atomic E-state index is 5.93. The third kappa shape index (κ3) is 1.87. The van der Waals surface area contributed by atoms with Crippen LogP contribution < -0.4 is 4.74 Å². The second-order valence-electron chi connectivity index (χ2n) is 4.49. The van der Waals surface area contributed by atoms with Crippen molar-refractivity contribution in [2.45, 2.75) is 19.3 Å². The average molecular weight is 239 g/mol. The number of alkyl halides is 1. The Balaban J connectivity index is 2.52. The molecule has 16 heavy (non-hydrogen) atoms. The Labute approximate surface area is 99.8 Å². The number of benzene rings is 1. The molecule has 0 unspecified atom stereocenters. The van der Waals surface area contributed by atoms with Gasteiger partial charge in [-0.3, -0.25) is 0 Å². The Morgan fingerprint density at radius 2 is 2.19 bits per heavy atom. The van der Waals surface area contributed by atoms with E-state index < -0.39 is 0 Å². The van der Waals surface area contributed by atoms with Crippen LogP contribution in [0.2, 0.25) is 0 Å². The van der Waals surface area contributed by atoms with Crippen molar-refractivity contribution in [2.24, 2.45) is 0 Å². The van der Waals surface area contributed by atoms with Gasteiger partial charge in [-0.15, -0.1) is 11.6 Å². The SMILES string of the molecule is COc1ccc2nc(C(C)(C)CCl)[nH]c2c1. The fraction of sp³-hybridized carbons (Fsp3) is 0.417. The first kappa shape index (κ1) is 11.3. The van der Waals surface area contributed by atoms with Gasteiger partial charge in [-0.2, -0.15) is 0 Å². The van der Waals surface area contributed by atoms with Gasteiger partial charge in [-0.1, -0.05) is 13.8 Å². The minimum absolute atomic E-state index is 0.145. The number of H-pyrrole nitrogens is 1. The molecule has 0 fully saturated rings. The van der Waals surface area contributed by atoms with Crippen LogP contribution in [0.4, 0.5) is 0 Å². The molecule has 1 aromatic heterocycles. The monoisotopic (exact) mass is 238 g/mol. The molecular weight excluding hydrogens is 224 g/mol. The highest BCUT2D eigenvalue weighted by molar-refractivity contribution is 6.18. The van der Waals surface area contributed by atoms with Crippen LogP contribution in [0.1, 0.15) is 19.7 Å². The molecule has 0 saturated carbocycles. The van der Waals surface area contributed by atoms with Crippen LogP contribution in [-0.2, 0) is 5.41 Å². The quantitative estimate of drug-likeness (QED) is 0.835. The standard InChI is InChI=1S/C12H15ClN2O/c1-12(2,7-13)11-14-9-5-4-8(16-3)6-10(9)15-11/h4-6H,7H2,1-3H3,(H,14,15). The van der Waals surface area contributed by atoms with Gasteiger partial charge in [0.2, 0.25) is 0 Å². The fourth-order valence-electron chi connectivity index (χ4n) is 1.50. The topological polar surface area (TPSA) is 37.9 Å². The van der Waals surface area contributed by atoms with Gasteiger partial charge in [0.25, 0.3) is 0 Å². The lowest BCUT2D eigenvalue weighted by atomic mass is 9.96. The second kappa shape index (κ2) is 3.98. The van der Waals surface area contributed by atoms with Crippen molar-refractivity contribution in [3.8, 4) is 5.75 Å². The molecule has 0 aliphatic heterocycles. The number of aromatic amines is 1. The first-order chi connectivity index (χ1) is 7.56. The minimum Gasteiger partial charge on any atom is -0.497 e. The maximum Gasteiger partial charge on any atom is 0.121 e. The molecule has 0 aliphatic carbocycles. The van der Waals surface area contributed by atoms with Crippen molar-refractivity contribution in [3.63, 3.8) is 0 Å². The Morgan fingerprint density at radius 1 is 1.44 bits per heavy atom. The first-order valence-electron chi connectivity index (χ1n) is 5.17. The average Bonchev–Trinajstić information content (AvgIpc) is 2.72. The molecule has 0 atom stereocenters. The zero-order valence-electron chi connectivity index (χ0n) is 9.67. The van der Waals surface area contributed by atoms with Gasteiger partial charge in [0.05, 0.1) is 18.1 Å². The van der Waals surface area contributed by atoms with Crippen LogP contribution in [0.3, 0.4) is 0 Å². The number of hydrogen-bond acceptors (Lipinski definition) is 2. The van der Waals surface area contributed by atoms with E-state index in [0.717, 1.165) is 22.6 Å². The molecule has 1 N–H and O–H groups in total. The first-order valence-corrected chi connectivity index (χ1v) is 5.70. The zero-order chi connectivity index (χ0) is 11.8. The largest absolute Gasteiger partial charge is 0.497 e. The highest BCUT2D eigenvalue weighted by atomic mass is 35.5. The molecule has 4 heteroatoms. The molecule has 0 bridgehead atoms. The third-order valence-corrected chi connectivity index (χ3v) is 3.33. The molecule has 0 saturated heterocycles. The summed E-state index contributed by atoms with van der Waals surface area (Å²) in [5.74, 6) is 2.27. The summed E-state index contributed by atoms with van der Waals surface area (Å²) in [6, 6.07) is 5.79. The van der Waals surface area contributed by atoms with Crippen molar-refractivity contribution in [1.82, 2.24) is 9.97 Å². The van der Waals surface area contributed by atoms with E-state index in [1.807, 2.05) is 18.2 Å². The van der Waals surface area contributed by atoms with Gasteiger partial charge in [0, 0.05) is 17.4 Å². The lowest BCUT2D eigenvalue weighted by molar-refractivity contribution is 0.415. The summed E-state index contributed by atoms with van der Waals surface area (Å²) in [7, 11) is 1.65. The summed E-state index contributed by atoms with van der Waals surface area (Å²) in [6.45, 7) is 4.13. The van der Waals surface area contributed by atoms with Crippen LogP contribution in [-0.4, -0.2) is 23.0 Å². The van der Waals surface area contributed by atoms with Crippen molar-refractivity contribution < 1.29 is 4.74 Å². The molecule has 2 rings (SSSR count). The van der Waals surface area contributed by atoms with Crippen molar-refractivity contribution >= 4 is 22.6 Å². The number of ether oxygens (including phenoxy) is 1. The van der Waals surface area contributed by atoms with Crippen LogP contribution in [0.15, 0.2) is 18.2 Å². The van der Waals surface area contributed by atoms with Crippen LogP contribution in [0, 0.1) is 0 Å². The van der Waals surface area contributed by atoms with E-state index in [0.29, 0.717) is 5.88 Å². The van der Waals surface area contributed by atoms with E-state index in [2.05, 4.69) is 23.8 Å². The predicted molar refractivity (Wildman–Crippen MR) is 66.4 cm³/mol. The number of rotatable bonds is 3. The number of methoxy groups -OCH3 is 1. The Bertz CT molecular complexity index is 505. The molecular formula is C12H15ClN2O. The molecule has 0 radical (unpaired) electrons. The maximum atomic E-state index is 5.93. The van der Waals surface area contributed by atoms with E-state index in [1.165, 1.54) is 0 Å². The van der Waals surface area contributed by atoms with Gasteiger partial charge in [0.1, 0.15) is 11.6 Å². The normalized spacial score (nSPS) is 12.0. The lowest BCUT2D eigenvalue weighted by Gasteiger charge is -2.17. The van der Waals surface area contributed by atoms with E-state index in [-0.39, 0.29) is 5.41 Å². The van der Waals surface area contributed by atoms with E-state index in [1.54, 1.807) is 7.11 Å². The molecule has 0 aliphatic rings. The summed E-state index contributed by atoms with van der Waals surface area (Å²) < 4.78 is 5.17. The number of nitrogens with one attached hydrogen (secondary N) is 1. The number of halogens is 1. The number of aromatic nitrogens is 2. The Morgan fingerprint density at radius 3 is 2.81 bits per heavy atom. The molecule has 0 amide bonds. The van der Waals surface area contributed by atoms with Crippen LogP contribution in [0.5, 0.6) is 5.75 Å². The van der Waals surface area contributed by atoms with Gasteiger partial charge in [-0.05, 0) is 12.1 Å². The number of nitrogens with zero attached hydrogens (tertiary/aromatic N) is 1. The highest BCUT2D eigenvalue weighted by Gasteiger charge is 2.23. The predicted octanol–water partition coefficient (Wildman–Crippen LogP) is 3.09. The van der Waals surface area contributed by atoms with Gasteiger partial charge in [-0.25, -0.2) is 4.98 Å². The highest BCUT2D eigenvalue weighted by Crippen LogP contribution is 2.26. The summed E-state index contributed by atoms with van der Waals surface area (Å²) in [4.78, 5) is 7.82. The fourth-order valence-corrected chi connectivity index (χ4v) is 1.63. The van der Waals surface area contributed by atoms with Crippen LogP contribution in [0.25, 0.3) is 11.0 Å². The van der Waals surface area contributed by atoms with Gasteiger partial charge >= 0.3 is 0 Å². The lowest BCUT2D eigenvalue weighted by Crippen LogP contribution is -2.20. The zero-order valence-corrected chi connectivity index (χ0v) is 10.4. The van der Waals surface area contributed by atoms with E-state index in [9.17, 15) is 0 Å². The number of imidazole rings is 1. The van der Waals surface area contributed by atoms with Crippen molar-refractivity contribution in [1.29, 1.82) is 0 Å². The molecule has 2 aromatic rings. The Kier molecular flexibility index (Phi) is 2.80. The minimum atomic E-state index is -0.145. The van der Waals surface area contributed by atoms with E-state index >= 15 is 0 Å². The molecule has 1 heterocycles. The van der Waals surface area contributed by atoms with Gasteiger partial charge in [0.15, 0.2) is 0 Å². The molecule has 0 spiro atoms. The third-order valence-electron chi connectivity index (χ3n) is 2.66. The van der Waals surface area contributed by atoms with Crippen molar-refractivity contribution in [2.75, 3.05) is 13.0 Å². The number of fused-ring (bicyclic) bond motifs is 1. The van der Waals surface area contributed by atoms with Gasteiger partial charge < -0.3 is 9.72 Å². The van der Waals surface area contributed by atoms with E-state index in [4.69, 9.17) is 16.3 Å².